The number of benzene rings is 2. The van der Waals surface area contributed by atoms with Crippen LogP contribution in [-0.4, -0.2) is 49.4 Å². The fourth-order valence-corrected chi connectivity index (χ4v) is 6.72. The molecule has 176 valence electrons. The molecule has 0 radical (unpaired) electrons. The van der Waals surface area contributed by atoms with Crippen molar-refractivity contribution in [2.45, 2.75) is 48.2 Å². The second-order valence-electron chi connectivity index (χ2n) is 8.74. The van der Waals surface area contributed by atoms with Crippen molar-refractivity contribution in [3.05, 3.63) is 48.5 Å². The molecule has 0 aromatic heterocycles. The predicted molar refractivity (Wildman–Crippen MR) is 131 cm³/mol. The Balaban J connectivity index is 1.64. The quantitative estimate of drug-likeness (QED) is 0.690. The van der Waals surface area contributed by atoms with Crippen LogP contribution in [0.1, 0.15) is 33.1 Å². The van der Waals surface area contributed by atoms with Gasteiger partial charge < -0.3 is 10.2 Å². The van der Waals surface area contributed by atoms with Gasteiger partial charge in [0.2, 0.25) is 21.8 Å². The largest absolute Gasteiger partial charge is 0.325 e. The number of piperidine rings is 1. The third-order valence-corrected chi connectivity index (χ3v) is 9.11. The first-order chi connectivity index (χ1) is 15.7. The van der Waals surface area contributed by atoms with Gasteiger partial charge in [0.15, 0.2) is 0 Å². The van der Waals surface area contributed by atoms with Crippen LogP contribution in [0, 0.1) is 5.92 Å². The van der Waals surface area contributed by atoms with E-state index in [-0.39, 0.29) is 34.9 Å². The molecule has 7 nitrogen and oxygen atoms in total. The van der Waals surface area contributed by atoms with Gasteiger partial charge in [-0.2, -0.15) is 4.31 Å². The maximum absolute atomic E-state index is 13.3. The van der Waals surface area contributed by atoms with E-state index in [1.807, 2.05) is 25.1 Å². The van der Waals surface area contributed by atoms with Crippen LogP contribution in [0.5, 0.6) is 0 Å². The van der Waals surface area contributed by atoms with Crippen LogP contribution in [0.15, 0.2) is 58.3 Å². The van der Waals surface area contributed by atoms with Crippen molar-refractivity contribution in [2.75, 3.05) is 29.9 Å². The molecule has 1 N–H and O–H groups in total. The number of para-hydroxylation sites is 1. The van der Waals surface area contributed by atoms with E-state index in [2.05, 4.69) is 12.2 Å². The second kappa shape index (κ2) is 9.87. The maximum atomic E-state index is 13.3. The summed E-state index contributed by atoms with van der Waals surface area (Å²) in [5, 5.41) is 2.82. The molecule has 2 amide bonds. The first-order valence-corrected chi connectivity index (χ1v) is 13.5. The Kier molecular flexibility index (Phi) is 7.11. The third-order valence-electron chi connectivity index (χ3n) is 6.05. The number of hydrogen-bond donors (Lipinski definition) is 1. The Labute approximate surface area is 199 Å². The fourth-order valence-electron chi connectivity index (χ4n) is 4.13. The summed E-state index contributed by atoms with van der Waals surface area (Å²) in [5.74, 6) is -0.0192. The molecule has 2 aromatic rings. The summed E-state index contributed by atoms with van der Waals surface area (Å²) in [5.41, 5.74) is 1.12. The normalized spacial score (nSPS) is 20.2. The van der Waals surface area contributed by atoms with Gasteiger partial charge in [0.05, 0.1) is 10.6 Å². The van der Waals surface area contributed by atoms with E-state index in [0.29, 0.717) is 30.4 Å². The van der Waals surface area contributed by atoms with E-state index in [9.17, 15) is 18.0 Å². The van der Waals surface area contributed by atoms with Crippen LogP contribution < -0.4 is 10.2 Å². The zero-order chi connectivity index (χ0) is 23.6. The highest BCUT2D eigenvalue weighted by Crippen LogP contribution is 2.40. The van der Waals surface area contributed by atoms with Gasteiger partial charge in [-0.15, -0.1) is 11.8 Å². The monoisotopic (exact) mass is 487 g/mol. The molecule has 2 heterocycles. The summed E-state index contributed by atoms with van der Waals surface area (Å²) in [7, 11) is -3.68. The van der Waals surface area contributed by atoms with Gasteiger partial charge in [-0.05, 0) is 49.1 Å². The molecule has 2 aliphatic heterocycles. The molecule has 0 aliphatic carbocycles. The predicted octanol–water partition coefficient (Wildman–Crippen LogP) is 3.96. The average molecular weight is 488 g/mol. The highest BCUT2D eigenvalue weighted by Gasteiger charge is 2.32. The summed E-state index contributed by atoms with van der Waals surface area (Å²) in [6, 6.07) is 14.0. The number of thioether (sulfide) groups is 1. The minimum Gasteiger partial charge on any atom is -0.325 e. The molecule has 4 rings (SSSR count). The van der Waals surface area contributed by atoms with Crippen molar-refractivity contribution in [1.29, 1.82) is 0 Å². The topological polar surface area (TPSA) is 86.8 Å². The van der Waals surface area contributed by atoms with E-state index in [1.165, 1.54) is 21.0 Å². The number of hydrogen-bond acceptors (Lipinski definition) is 5. The van der Waals surface area contributed by atoms with Gasteiger partial charge in [0.1, 0.15) is 6.54 Å². The summed E-state index contributed by atoms with van der Waals surface area (Å²) >= 11 is 1.52. The highest BCUT2D eigenvalue weighted by molar-refractivity contribution is 8.00. The van der Waals surface area contributed by atoms with E-state index >= 15 is 0 Å². The Morgan fingerprint density at radius 1 is 1.09 bits per heavy atom. The SMILES string of the molecule is CC1CCN(S(=O)(=O)c2ccc3c(c2)N(CC(=O)Nc2ccccc2)C(=O)C[C@H](C)S3)CC1. The van der Waals surface area contributed by atoms with E-state index in [1.54, 1.807) is 30.3 Å². The Hall–Kier alpha value is -2.36. The lowest BCUT2D eigenvalue weighted by molar-refractivity contribution is -0.121. The second-order valence-corrected chi connectivity index (χ2v) is 12.2. The van der Waals surface area contributed by atoms with Crippen molar-refractivity contribution in [2.24, 2.45) is 5.92 Å². The molecule has 2 aromatic carbocycles. The van der Waals surface area contributed by atoms with Crippen LogP contribution in [0.3, 0.4) is 0 Å². The van der Waals surface area contributed by atoms with Crippen molar-refractivity contribution in [3.8, 4) is 0 Å². The minimum absolute atomic E-state index is 0.0180. The highest BCUT2D eigenvalue weighted by atomic mass is 32.2. The van der Waals surface area contributed by atoms with E-state index in [4.69, 9.17) is 0 Å². The molecule has 1 fully saturated rings. The Morgan fingerprint density at radius 2 is 1.79 bits per heavy atom. The molecule has 9 heteroatoms. The summed E-state index contributed by atoms with van der Waals surface area (Å²) in [4.78, 5) is 28.2. The number of fused-ring (bicyclic) bond motifs is 1. The number of sulfonamides is 1. The smallest absolute Gasteiger partial charge is 0.244 e. The molecule has 1 atom stereocenters. The van der Waals surface area contributed by atoms with Gasteiger partial charge in [-0.25, -0.2) is 8.42 Å². The summed E-state index contributed by atoms with van der Waals surface area (Å²) in [6.45, 7) is 4.90. The van der Waals surface area contributed by atoms with Gasteiger partial charge in [-0.1, -0.05) is 32.0 Å². The average Bonchev–Trinajstić information content (AvgIpc) is 2.89. The van der Waals surface area contributed by atoms with Crippen LogP contribution in [0.25, 0.3) is 0 Å². The number of amides is 2. The van der Waals surface area contributed by atoms with Gasteiger partial charge >= 0.3 is 0 Å². The van der Waals surface area contributed by atoms with Crippen LogP contribution in [0.4, 0.5) is 11.4 Å². The van der Waals surface area contributed by atoms with Crippen LogP contribution in [-0.2, 0) is 19.6 Å². The van der Waals surface area contributed by atoms with E-state index in [0.717, 1.165) is 17.7 Å². The lowest BCUT2D eigenvalue weighted by Crippen LogP contribution is -2.39. The number of nitrogens with zero attached hydrogens (tertiary/aromatic N) is 2. The molecule has 2 aliphatic rings. The number of nitrogens with one attached hydrogen (secondary N) is 1. The van der Waals surface area contributed by atoms with Crippen molar-refractivity contribution in [3.63, 3.8) is 0 Å². The van der Waals surface area contributed by atoms with Crippen molar-refractivity contribution in [1.82, 2.24) is 4.31 Å². The molecule has 33 heavy (non-hydrogen) atoms. The molecule has 0 unspecified atom stereocenters. The maximum Gasteiger partial charge on any atom is 0.244 e. The fraction of sp³-hybridized carbons (Fsp3) is 0.417. The molecule has 0 bridgehead atoms. The summed E-state index contributed by atoms with van der Waals surface area (Å²) < 4.78 is 28.2. The van der Waals surface area contributed by atoms with Gasteiger partial charge in [-0.3, -0.25) is 9.59 Å². The number of carbonyl (C=O) groups excluding carboxylic acids is 2. The minimum atomic E-state index is -3.68. The molecular weight excluding hydrogens is 458 g/mol. The molecule has 1 saturated heterocycles. The Morgan fingerprint density at radius 3 is 2.48 bits per heavy atom. The zero-order valence-electron chi connectivity index (χ0n) is 18.9. The van der Waals surface area contributed by atoms with Gasteiger partial charge in [0, 0.05) is 35.3 Å². The van der Waals surface area contributed by atoms with Gasteiger partial charge in [0.25, 0.3) is 0 Å². The number of anilines is 2. The third kappa shape index (κ3) is 5.42. The molecule has 0 spiro atoms. The first-order valence-electron chi connectivity index (χ1n) is 11.2. The lowest BCUT2D eigenvalue weighted by Gasteiger charge is -2.30. The van der Waals surface area contributed by atoms with E-state index < -0.39 is 10.0 Å². The Bertz CT molecular complexity index is 1130. The van der Waals surface area contributed by atoms with Crippen molar-refractivity contribution >= 4 is 45.0 Å². The first kappa shape index (κ1) is 23.8. The number of rotatable bonds is 5. The summed E-state index contributed by atoms with van der Waals surface area (Å²) in [6.07, 6.45) is 1.94. The van der Waals surface area contributed by atoms with Crippen molar-refractivity contribution < 1.29 is 18.0 Å². The van der Waals surface area contributed by atoms with Crippen LogP contribution in [0.2, 0.25) is 0 Å². The lowest BCUT2D eigenvalue weighted by atomic mass is 10.0. The molecular formula is C24H29N3O4S2. The molecule has 0 saturated carbocycles. The zero-order valence-corrected chi connectivity index (χ0v) is 20.5. The standard InChI is InChI=1S/C24H29N3O4S2/c1-17-10-12-26(13-11-17)33(30,31)20-8-9-22-21(15-20)27(24(29)14-18(2)32-22)16-23(28)25-19-6-4-3-5-7-19/h3-9,15,17-18H,10-14,16H2,1-2H3,(H,25,28)/t18-/m0/s1. The van der Waals surface area contributed by atoms with Crippen LogP contribution >= 0.6 is 11.8 Å². The number of carbonyl (C=O) groups is 2.